The van der Waals surface area contributed by atoms with Crippen molar-refractivity contribution in [1.29, 1.82) is 0 Å². The number of amides is 2. The molecule has 0 aliphatic heterocycles. The van der Waals surface area contributed by atoms with Crippen LogP contribution in [0.2, 0.25) is 5.02 Å². The molecule has 10 heteroatoms. The molecule has 3 aromatic carbocycles. The maximum absolute atomic E-state index is 14.1. The number of sulfonamides is 1. The highest BCUT2D eigenvalue weighted by Gasteiger charge is 2.34. The van der Waals surface area contributed by atoms with Crippen LogP contribution in [0.4, 0.5) is 5.69 Å². The van der Waals surface area contributed by atoms with Crippen LogP contribution in [0.3, 0.4) is 0 Å². The minimum absolute atomic E-state index is 0.0409. The van der Waals surface area contributed by atoms with Gasteiger partial charge < -0.3 is 15.0 Å². The smallest absolute Gasteiger partial charge is 0.264 e. The number of benzene rings is 3. The Kier molecular flexibility index (Phi) is 11.2. The normalized spacial score (nSPS) is 12.7. The van der Waals surface area contributed by atoms with Crippen LogP contribution in [-0.2, 0) is 26.2 Å². The van der Waals surface area contributed by atoms with E-state index in [1.165, 1.54) is 23.1 Å². The van der Waals surface area contributed by atoms with Gasteiger partial charge in [-0.2, -0.15) is 0 Å². The number of rotatable bonds is 13. The highest BCUT2D eigenvalue weighted by molar-refractivity contribution is 7.92. The zero-order valence-electron chi connectivity index (χ0n) is 24.1. The van der Waals surface area contributed by atoms with Crippen LogP contribution in [0.15, 0.2) is 77.7 Å². The number of anilines is 1. The van der Waals surface area contributed by atoms with E-state index in [1.54, 1.807) is 49.6 Å². The summed E-state index contributed by atoms with van der Waals surface area (Å²) in [5.41, 5.74) is 1.91. The lowest BCUT2D eigenvalue weighted by atomic mass is 10.1. The van der Waals surface area contributed by atoms with Gasteiger partial charge in [0.1, 0.15) is 18.3 Å². The number of ether oxygens (including phenoxy) is 1. The predicted octanol–water partition coefficient (Wildman–Crippen LogP) is 5.57. The molecule has 0 saturated heterocycles. The van der Waals surface area contributed by atoms with E-state index < -0.39 is 28.5 Å². The number of halogens is 1. The van der Waals surface area contributed by atoms with E-state index in [-0.39, 0.29) is 29.1 Å². The molecular weight excluding hydrogens is 562 g/mol. The van der Waals surface area contributed by atoms with E-state index in [0.717, 1.165) is 21.9 Å². The lowest BCUT2D eigenvalue weighted by molar-refractivity contribution is -0.140. The van der Waals surface area contributed by atoms with Gasteiger partial charge in [-0.05, 0) is 74.7 Å². The van der Waals surface area contributed by atoms with Gasteiger partial charge in [-0.15, -0.1) is 0 Å². The Morgan fingerprint density at radius 1 is 0.976 bits per heavy atom. The molecule has 3 aromatic rings. The number of hydrogen-bond donors (Lipinski definition) is 1. The van der Waals surface area contributed by atoms with Gasteiger partial charge in [0, 0.05) is 17.6 Å². The molecule has 1 N–H and O–H groups in total. The molecule has 0 radical (unpaired) electrons. The summed E-state index contributed by atoms with van der Waals surface area (Å²) < 4.78 is 34.1. The van der Waals surface area contributed by atoms with Gasteiger partial charge in [-0.1, -0.05) is 61.3 Å². The highest BCUT2D eigenvalue weighted by Crippen LogP contribution is 2.27. The number of carbonyl (C=O) groups is 2. The largest absolute Gasteiger partial charge is 0.497 e. The zero-order valence-corrected chi connectivity index (χ0v) is 25.7. The summed E-state index contributed by atoms with van der Waals surface area (Å²) in [7, 11) is -2.60. The zero-order chi connectivity index (χ0) is 30.2. The molecule has 41 heavy (non-hydrogen) atoms. The first-order chi connectivity index (χ1) is 19.5. The standard InChI is InChI=1S/C31H38ClN3O5S/c1-6-23(4)33-31(37)29(7-2)34(20-24-13-15-27(40-5)16-14-24)30(36)21-35(26-10-8-9-25(32)19-26)41(38,39)28-17-11-22(3)12-18-28/h8-19,23,29H,6-7,20-21H2,1-5H3,(H,33,37)/t23-,29+/m1/s1. The van der Waals surface area contributed by atoms with E-state index >= 15 is 0 Å². The Morgan fingerprint density at radius 2 is 1.63 bits per heavy atom. The summed E-state index contributed by atoms with van der Waals surface area (Å²) in [5, 5.41) is 3.30. The van der Waals surface area contributed by atoms with Crippen LogP contribution in [0.5, 0.6) is 5.75 Å². The van der Waals surface area contributed by atoms with E-state index in [9.17, 15) is 18.0 Å². The topological polar surface area (TPSA) is 96.0 Å². The van der Waals surface area contributed by atoms with Crippen molar-refractivity contribution in [1.82, 2.24) is 10.2 Å². The molecule has 0 bridgehead atoms. The molecular formula is C31H38ClN3O5S. The molecule has 2 atom stereocenters. The van der Waals surface area contributed by atoms with Crippen molar-refractivity contribution in [2.45, 2.75) is 64.1 Å². The third kappa shape index (κ3) is 8.24. The van der Waals surface area contributed by atoms with Crippen molar-refractivity contribution in [3.63, 3.8) is 0 Å². The van der Waals surface area contributed by atoms with Crippen LogP contribution in [0, 0.1) is 6.92 Å². The maximum atomic E-state index is 14.1. The summed E-state index contributed by atoms with van der Waals surface area (Å²) in [6.45, 7) is 7.12. The second kappa shape index (κ2) is 14.4. The van der Waals surface area contributed by atoms with Crippen LogP contribution in [-0.4, -0.2) is 50.9 Å². The van der Waals surface area contributed by atoms with Gasteiger partial charge in [-0.25, -0.2) is 8.42 Å². The van der Waals surface area contributed by atoms with Gasteiger partial charge in [0.15, 0.2) is 0 Å². The highest BCUT2D eigenvalue weighted by atomic mass is 35.5. The Bertz CT molecular complexity index is 1430. The number of carbonyl (C=O) groups excluding carboxylic acids is 2. The number of aryl methyl sites for hydroxylation is 1. The summed E-state index contributed by atoms with van der Waals surface area (Å²) in [5.74, 6) is -0.161. The monoisotopic (exact) mass is 599 g/mol. The Balaban J connectivity index is 2.05. The van der Waals surface area contributed by atoms with E-state index in [4.69, 9.17) is 16.3 Å². The fraction of sp³-hybridized carbons (Fsp3) is 0.355. The van der Waals surface area contributed by atoms with Crippen LogP contribution in [0.1, 0.15) is 44.7 Å². The van der Waals surface area contributed by atoms with Crippen LogP contribution >= 0.6 is 11.6 Å². The summed E-state index contributed by atoms with van der Waals surface area (Å²) in [6, 6.07) is 19.1. The molecule has 0 heterocycles. The molecule has 0 spiro atoms. The van der Waals surface area contributed by atoms with E-state index in [1.807, 2.05) is 39.8 Å². The lowest BCUT2D eigenvalue weighted by Crippen LogP contribution is -2.53. The number of methoxy groups -OCH3 is 1. The van der Waals surface area contributed by atoms with Crippen LogP contribution in [0.25, 0.3) is 0 Å². The van der Waals surface area contributed by atoms with Gasteiger partial charge in [0.2, 0.25) is 11.8 Å². The first-order valence-corrected chi connectivity index (χ1v) is 15.4. The quantitative estimate of drug-likeness (QED) is 0.277. The molecule has 8 nitrogen and oxygen atoms in total. The molecule has 0 aliphatic rings. The van der Waals surface area contributed by atoms with Crippen molar-refractivity contribution in [3.05, 3.63) is 88.9 Å². The number of nitrogens with one attached hydrogen (secondary N) is 1. The molecule has 0 saturated carbocycles. The Morgan fingerprint density at radius 3 is 2.20 bits per heavy atom. The second-order valence-electron chi connectivity index (χ2n) is 9.92. The van der Waals surface area contributed by atoms with E-state index in [2.05, 4.69) is 5.32 Å². The maximum Gasteiger partial charge on any atom is 0.264 e. The molecule has 0 unspecified atom stereocenters. The van der Waals surface area contributed by atoms with Crippen molar-refractivity contribution < 1.29 is 22.7 Å². The molecule has 2 amide bonds. The Hall–Kier alpha value is -3.56. The Labute approximate surface area is 248 Å². The SMILES string of the molecule is CC[C@@H](C)NC(=O)[C@H](CC)N(Cc1ccc(OC)cc1)C(=O)CN(c1cccc(Cl)c1)S(=O)(=O)c1ccc(C)cc1. The van der Waals surface area contributed by atoms with Gasteiger partial charge in [0.05, 0.1) is 17.7 Å². The molecule has 0 fully saturated rings. The third-order valence-electron chi connectivity index (χ3n) is 6.88. The first-order valence-electron chi connectivity index (χ1n) is 13.6. The molecule has 3 rings (SSSR count). The van der Waals surface area contributed by atoms with Crippen molar-refractivity contribution >= 4 is 39.1 Å². The number of nitrogens with zero attached hydrogens (tertiary/aromatic N) is 2. The van der Waals surface area contributed by atoms with Gasteiger partial charge in [-0.3, -0.25) is 13.9 Å². The molecule has 0 aliphatic carbocycles. The lowest BCUT2D eigenvalue weighted by Gasteiger charge is -2.33. The first kappa shape index (κ1) is 32.0. The average Bonchev–Trinajstić information content (AvgIpc) is 2.96. The van der Waals surface area contributed by atoms with E-state index in [0.29, 0.717) is 17.2 Å². The van der Waals surface area contributed by atoms with Gasteiger partial charge >= 0.3 is 0 Å². The van der Waals surface area contributed by atoms with Gasteiger partial charge in [0.25, 0.3) is 10.0 Å². The molecule has 220 valence electrons. The minimum Gasteiger partial charge on any atom is -0.497 e. The summed E-state index contributed by atoms with van der Waals surface area (Å²) in [6.07, 6.45) is 1.07. The average molecular weight is 600 g/mol. The fourth-order valence-corrected chi connectivity index (χ4v) is 5.88. The third-order valence-corrected chi connectivity index (χ3v) is 8.91. The molecule has 0 aromatic heterocycles. The van der Waals surface area contributed by atoms with Crippen molar-refractivity contribution in [2.24, 2.45) is 0 Å². The predicted molar refractivity (Wildman–Crippen MR) is 163 cm³/mol. The minimum atomic E-state index is -4.16. The second-order valence-corrected chi connectivity index (χ2v) is 12.2. The van der Waals surface area contributed by atoms with Crippen molar-refractivity contribution in [2.75, 3.05) is 18.0 Å². The number of hydrogen-bond acceptors (Lipinski definition) is 5. The summed E-state index contributed by atoms with van der Waals surface area (Å²) in [4.78, 5) is 29.0. The van der Waals surface area contributed by atoms with Crippen molar-refractivity contribution in [3.8, 4) is 5.75 Å². The summed E-state index contributed by atoms with van der Waals surface area (Å²) >= 11 is 6.23. The van der Waals surface area contributed by atoms with Crippen LogP contribution < -0.4 is 14.4 Å². The fourth-order valence-electron chi connectivity index (χ4n) is 4.29.